The number of hydrogen-bond acceptors (Lipinski definition) is 8. The number of carboxylic acid groups (broad SMARTS) is 1. The zero-order valence-electron chi connectivity index (χ0n) is 24.5. The van der Waals surface area contributed by atoms with Crippen LogP contribution in [0, 0.1) is 31.6 Å². The molecule has 6 rings (SSSR count). The zero-order chi connectivity index (χ0) is 29.6. The lowest BCUT2D eigenvalue weighted by molar-refractivity contribution is -0.144. The Morgan fingerprint density at radius 2 is 1.88 bits per heavy atom. The van der Waals surface area contributed by atoms with Crippen LogP contribution in [0.4, 0.5) is 5.13 Å². The number of fused-ring (bicyclic) bond motifs is 2. The molecule has 2 bridgehead atoms. The highest BCUT2D eigenvalue weighted by Crippen LogP contribution is 2.44. The summed E-state index contributed by atoms with van der Waals surface area (Å²) in [6, 6.07) is 12.6. The van der Waals surface area contributed by atoms with E-state index in [-0.39, 0.29) is 35.3 Å². The SMILES string of the molecule is Cc1ccc(OCc2ccc(CN(C)[C@@H]3CCS(=O)(=O)C3)cc2C)c(-c2csc(N3CC4CC[C@H](C3)C4C(=O)O)n2)c1. The minimum Gasteiger partial charge on any atom is -0.488 e. The number of rotatable bonds is 9. The second-order valence-corrected chi connectivity index (χ2v) is 15.5. The lowest BCUT2D eigenvalue weighted by atomic mass is 9.85. The number of carboxylic acids is 1. The summed E-state index contributed by atoms with van der Waals surface area (Å²) in [6.45, 7) is 6.81. The molecule has 42 heavy (non-hydrogen) atoms. The van der Waals surface area contributed by atoms with Gasteiger partial charge in [-0.05, 0) is 80.8 Å². The first-order chi connectivity index (χ1) is 20.1. The van der Waals surface area contributed by atoms with Gasteiger partial charge in [0.2, 0.25) is 0 Å². The number of hydrogen-bond donors (Lipinski definition) is 1. The van der Waals surface area contributed by atoms with Gasteiger partial charge in [0.05, 0.1) is 23.1 Å². The molecular formula is C32H39N3O5S2. The summed E-state index contributed by atoms with van der Waals surface area (Å²) < 4.78 is 30.2. The van der Waals surface area contributed by atoms with Crippen LogP contribution in [0.1, 0.15) is 41.5 Å². The molecule has 1 N–H and O–H groups in total. The first-order valence-electron chi connectivity index (χ1n) is 14.7. The number of ether oxygens (including phenoxy) is 1. The quantitative estimate of drug-likeness (QED) is 0.355. The highest BCUT2D eigenvalue weighted by atomic mass is 32.2. The van der Waals surface area contributed by atoms with E-state index in [1.165, 1.54) is 0 Å². The van der Waals surface area contributed by atoms with Crippen molar-refractivity contribution in [3.63, 3.8) is 0 Å². The van der Waals surface area contributed by atoms with Gasteiger partial charge < -0.3 is 14.7 Å². The molecule has 1 aromatic heterocycles. The number of benzene rings is 2. The van der Waals surface area contributed by atoms with Crippen LogP contribution in [-0.2, 0) is 27.8 Å². The smallest absolute Gasteiger partial charge is 0.307 e. The molecule has 0 spiro atoms. The Hall–Kier alpha value is -2.95. The van der Waals surface area contributed by atoms with E-state index in [4.69, 9.17) is 9.72 Å². The van der Waals surface area contributed by atoms with Crippen molar-refractivity contribution in [3.05, 3.63) is 64.0 Å². The number of anilines is 1. The van der Waals surface area contributed by atoms with Crippen LogP contribution >= 0.6 is 11.3 Å². The van der Waals surface area contributed by atoms with E-state index in [9.17, 15) is 18.3 Å². The normalized spacial score (nSPS) is 24.8. The number of thiazole rings is 1. The van der Waals surface area contributed by atoms with Crippen molar-refractivity contribution in [2.24, 2.45) is 17.8 Å². The average Bonchev–Trinajstić information content (AvgIpc) is 3.64. The lowest BCUT2D eigenvalue weighted by Gasteiger charge is -2.35. The lowest BCUT2D eigenvalue weighted by Crippen LogP contribution is -2.44. The molecule has 0 amide bonds. The molecule has 2 aliphatic heterocycles. The molecule has 4 atom stereocenters. The third kappa shape index (κ3) is 6.07. The van der Waals surface area contributed by atoms with Crippen LogP contribution in [-0.4, -0.2) is 67.1 Å². The summed E-state index contributed by atoms with van der Waals surface area (Å²) in [4.78, 5) is 21.2. The third-order valence-corrected chi connectivity index (χ3v) is 12.0. The summed E-state index contributed by atoms with van der Waals surface area (Å²) in [5.74, 6) is 0.836. The number of piperidine rings is 1. The fourth-order valence-corrected chi connectivity index (χ4v) is 9.65. The van der Waals surface area contributed by atoms with E-state index in [1.54, 1.807) is 11.3 Å². The molecule has 3 heterocycles. The van der Waals surface area contributed by atoms with E-state index in [2.05, 4.69) is 59.4 Å². The average molecular weight is 610 g/mol. The number of sulfone groups is 1. The maximum absolute atomic E-state index is 11.9. The van der Waals surface area contributed by atoms with Gasteiger partial charge in [-0.1, -0.05) is 29.8 Å². The Labute approximate surface area is 252 Å². The van der Waals surface area contributed by atoms with Crippen molar-refractivity contribution in [2.45, 2.75) is 52.3 Å². The summed E-state index contributed by atoms with van der Waals surface area (Å²) in [7, 11) is -0.900. The van der Waals surface area contributed by atoms with Crippen molar-refractivity contribution in [1.29, 1.82) is 0 Å². The van der Waals surface area contributed by atoms with E-state index in [1.807, 2.05) is 13.1 Å². The zero-order valence-corrected chi connectivity index (χ0v) is 26.1. The second kappa shape index (κ2) is 11.6. The molecule has 224 valence electrons. The first-order valence-corrected chi connectivity index (χ1v) is 17.4. The van der Waals surface area contributed by atoms with Gasteiger partial charge in [-0.2, -0.15) is 0 Å². The van der Waals surface area contributed by atoms with Crippen LogP contribution in [0.5, 0.6) is 5.75 Å². The highest BCUT2D eigenvalue weighted by molar-refractivity contribution is 7.91. The predicted octanol–water partition coefficient (Wildman–Crippen LogP) is 5.17. The number of aromatic nitrogens is 1. The molecule has 0 radical (unpaired) electrons. The Balaban J connectivity index is 1.13. The molecule has 3 fully saturated rings. The number of aliphatic carboxylic acids is 1. The molecule has 8 nitrogen and oxygen atoms in total. The van der Waals surface area contributed by atoms with Gasteiger partial charge in [-0.3, -0.25) is 9.69 Å². The summed E-state index contributed by atoms with van der Waals surface area (Å²) in [5, 5.41) is 12.7. The maximum atomic E-state index is 11.9. The van der Waals surface area contributed by atoms with Gasteiger partial charge >= 0.3 is 5.97 Å². The van der Waals surface area contributed by atoms with Crippen molar-refractivity contribution in [3.8, 4) is 17.0 Å². The summed E-state index contributed by atoms with van der Waals surface area (Å²) >= 11 is 1.61. The second-order valence-electron chi connectivity index (χ2n) is 12.4. The van der Waals surface area contributed by atoms with Gasteiger partial charge in [0.25, 0.3) is 0 Å². The van der Waals surface area contributed by atoms with Gasteiger partial charge in [0, 0.05) is 36.6 Å². The largest absolute Gasteiger partial charge is 0.488 e. The van der Waals surface area contributed by atoms with Crippen molar-refractivity contribution < 1.29 is 23.1 Å². The van der Waals surface area contributed by atoms with Crippen LogP contribution in [0.2, 0.25) is 0 Å². The monoisotopic (exact) mass is 609 g/mol. The van der Waals surface area contributed by atoms with E-state index in [0.29, 0.717) is 19.6 Å². The molecule has 2 saturated heterocycles. The molecule has 3 aliphatic rings. The van der Waals surface area contributed by atoms with Gasteiger partial charge in [0.15, 0.2) is 15.0 Å². The molecular weight excluding hydrogens is 571 g/mol. The number of aryl methyl sites for hydroxylation is 2. The predicted molar refractivity (Wildman–Crippen MR) is 166 cm³/mol. The maximum Gasteiger partial charge on any atom is 0.307 e. The standard InChI is InChI=1S/C32H39N3O5S2/c1-20-4-9-29(40-17-25-6-5-22(13-21(25)2)14-34(3)26-10-11-42(38,39)19-26)27(12-20)28-18-41-32(33-28)35-15-23-7-8-24(16-35)30(23)31(36)37/h4-6,9,12-13,18,23-24,26,30H,7-8,10-11,14-17,19H2,1-3H3,(H,36,37)/t23-,24?,26-,30?/m1/s1. The molecule has 10 heteroatoms. The molecule has 3 aromatic rings. The Bertz CT molecular complexity index is 1570. The highest BCUT2D eigenvalue weighted by Gasteiger charge is 2.46. The van der Waals surface area contributed by atoms with Gasteiger partial charge in [-0.15, -0.1) is 11.3 Å². The molecule has 2 aromatic carbocycles. The number of nitrogens with zero attached hydrogens (tertiary/aromatic N) is 3. The summed E-state index contributed by atoms with van der Waals surface area (Å²) in [6.07, 6.45) is 2.66. The fourth-order valence-electron chi connectivity index (χ4n) is 7.00. The molecule has 1 saturated carbocycles. The Morgan fingerprint density at radius 1 is 1.12 bits per heavy atom. The van der Waals surface area contributed by atoms with Crippen LogP contribution < -0.4 is 9.64 Å². The van der Waals surface area contributed by atoms with Gasteiger partial charge in [0.1, 0.15) is 12.4 Å². The minimum absolute atomic E-state index is 0.0798. The van der Waals surface area contributed by atoms with E-state index >= 15 is 0 Å². The Morgan fingerprint density at radius 3 is 2.55 bits per heavy atom. The van der Waals surface area contributed by atoms with E-state index < -0.39 is 15.8 Å². The molecule has 1 aliphatic carbocycles. The fraction of sp³-hybridized carbons (Fsp3) is 0.500. The topological polar surface area (TPSA) is 100 Å². The first kappa shape index (κ1) is 29.1. The van der Waals surface area contributed by atoms with Crippen molar-refractivity contribution in [2.75, 3.05) is 36.5 Å². The minimum atomic E-state index is -2.90. The van der Waals surface area contributed by atoms with E-state index in [0.717, 1.165) is 70.3 Å². The molecule has 2 unspecified atom stereocenters. The summed E-state index contributed by atoms with van der Waals surface area (Å²) in [5.41, 5.74) is 6.38. The number of carbonyl (C=O) groups is 1. The van der Waals surface area contributed by atoms with Crippen LogP contribution in [0.15, 0.2) is 41.8 Å². The van der Waals surface area contributed by atoms with Gasteiger partial charge in [-0.25, -0.2) is 13.4 Å². The third-order valence-electron chi connectivity index (χ3n) is 9.35. The van der Waals surface area contributed by atoms with Crippen LogP contribution in [0.25, 0.3) is 11.3 Å². The Kier molecular flexibility index (Phi) is 8.06. The van der Waals surface area contributed by atoms with Crippen molar-refractivity contribution >= 4 is 32.3 Å². The van der Waals surface area contributed by atoms with Crippen LogP contribution in [0.3, 0.4) is 0 Å². The van der Waals surface area contributed by atoms with Crippen molar-refractivity contribution in [1.82, 2.24) is 9.88 Å².